The third kappa shape index (κ3) is 10.8. The zero-order valence-electron chi connectivity index (χ0n) is 49.1. The molecule has 29 atom stereocenters. The lowest BCUT2D eigenvalue weighted by molar-refractivity contribution is -0.399. The summed E-state index contributed by atoms with van der Waals surface area (Å²) in [6.07, 6.45) is -29.3. The standard InChI is InChI=1S/C58H90O26/c1-10-11-34(65)80-46-47(77-24(2)61)58(23-60)26(18-53(46,3)4)25-12-13-31-55(7)16-15-33(54(5,6)30(55)14-17-56(31,8)57(25,9)19-32(58)64)79-52-45(84-50-40(71)38(69)37(68)29(20-59)78-50)42(41(72)43(82-52)48(73)74)81-51-44(36(67)28(63)22-76-51)83-49-39(70)35(66)27(62)21-75-49/h10-12,26-33,35-47,49-52,59-60,62-64,66-72H,13-23H2,1-9H3,(H,73,74)/b11-10-/t26-,27+,28-,29+,30?,31+,32+,33-,35-,36-,37-,38-,39+,40+,41-,42-,43-,44+,45+,46-,47-,49-,50-,51-,52+,55-,56+,57+,58-/m0/s1. The molecular weight excluding hydrogens is 1110 g/mol. The van der Waals surface area contributed by atoms with Crippen LogP contribution in [0.4, 0.5) is 0 Å². The predicted molar refractivity (Wildman–Crippen MR) is 284 cm³/mol. The van der Waals surface area contributed by atoms with Gasteiger partial charge in [0, 0.05) is 18.4 Å². The fourth-order valence-corrected chi connectivity index (χ4v) is 17.1. The van der Waals surface area contributed by atoms with E-state index in [1.807, 2.05) is 27.7 Å². The Bertz CT molecular complexity index is 2440. The van der Waals surface area contributed by atoms with Crippen molar-refractivity contribution in [1.29, 1.82) is 0 Å². The highest BCUT2D eigenvalue weighted by molar-refractivity contribution is 5.82. The summed E-state index contributed by atoms with van der Waals surface area (Å²) < 4.78 is 60.7. The van der Waals surface area contributed by atoms with Crippen LogP contribution in [0.3, 0.4) is 0 Å². The Kier molecular flexibility index (Phi) is 18.8. The Morgan fingerprint density at radius 1 is 0.655 bits per heavy atom. The number of aliphatic hydroxyl groups is 12. The van der Waals surface area contributed by atoms with Gasteiger partial charge in [-0.2, -0.15) is 0 Å². The molecule has 9 rings (SSSR count). The number of fused-ring (bicyclic) bond motifs is 7. The maximum Gasteiger partial charge on any atom is 0.335 e. The molecule has 0 aromatic heterocycles. The van der Waals surface area contributed by atoms with Gasteiger partial charge in [0.1, 0.15) is 91.6 Å². The number of ether oxygens (including phenoxy) is 10. The fourth-order valence-electron chi connectivity index (χ4n) is 17.1. The highest BCUT2D eigenvalue weighted by Crippen LogP contribution is 2.76. The van der Waals surface area contributed by atoms with Gasteiger partial charge in [0.25, 0.3) is 0 Å². The molecule has 8 fully saturated rings. The van der Waals surface area contributed by atoms with Crippen LogP contribution in [-0.4, -0.2) is 246 Å². The molecule has 0 bridgehead atoms. The van der Waals surface area contributed by atoms with E-state index in [9.17, 15) is 80.8 Å². The number of hydrogen-bond acceptors (Lipinski definition) is 25. The van der Waals surface area contributed by atoms with Crippen molar-refractivity contribution in [2.75, 3.05) is 26.4 Å². The second-order valence-corrected chi connectivity index (χ2v) is 27.2. The van der Waals surface area contributed by atoms with Gasteiger partial charge in [-0.3, -0.25) is 4.79 Å². The molecule has 0 spiro atoms. The Balaban J connectivity index is 1.04. The van der Waals surface area contributed by atoms with E-state index in [0.29, 0.717) is 38.5 Å². The van der Waals surface area contributed by atoms with Crippen LogP contribution in [0.25, 0.3) is 0 Å². The summed E-state index contributed by atoms with van der Waals surface area (Å²) in [7, 11) is 0. The summed E-state index contributed by atoms with van der Waals surface area (Å²) in [5.41, 5.74) is -3.50. The predicted octanol–water partition coefficient (Wildman–Crippen LogP) is -1.58. The maximum atomic E-state index is 13.1. The average Bonchev–Trinajstić information content (AvgIpc) is 0.683. The first-order chi connectivity index (χ1) is 39.3. The quantitative estimate of drug-likeness (QED) is 0.0404. The monoisotopic (exact) mass is 1200 g/mol. The smallest absolute Gasteiger partial charge is 0.335 e. The Labute approximate surface area is 487 Å². The highest BCUT2D eigenvalue weighted by atomic mass is 16.8. The molecule has 26 nitrogen and oxygen atoms in total. The van der Waals surface area contributed by atoms with Crippen LogP contribution < -0.4 is 0 Å². The van der Waals surface area contributed by atoms with Crippen LogP contribution in [0.15, 0.2) is 23.8 Å². The van der Waals surface area contributed by atoms with Gasteiger partial charge < -0.3 is 114 Å². The van der Waals surface area contributed by atoms with Crippen molar-refractivity contribution in [2.45, 2.75) is 242 Å². The molecule has 4 saturated heterocycles. The van der Waals surface area contributed by atoms with Crippen LogP contribution in [0.2, 0.25) is 0 Å². The maximum absolute atomic E-state index is 13.1. The summed E-state index contributed by atoms with van der Waals surface area (Å²) in [6, 6.07) is 0. The Morgan fingerprint density at radius 3 is 1.92 bits per heavy atom. The van der Waals surface area contributed by atoms with Gasteiger partial charge >= 0.3 is 17.9 Å². The number of carboxylic acid groups (broad SMARTS) is 1. The average molecular weight is 1200 g/mol. The molecule has 4 heterocycles. The van der Waals surface area contributed by atoms with Gasteiger partial charge in [-0.1, -0.05) is 66.2 Å². The number of aliphatic hydroxyl groups excluding tert-OH is 12. The summed E-state index contributed by atoms with van der Waals surface area (Å²) in [5.74, 6) is -3.59. The van der Waals surface area contributed by atoms with Crippen molar-refractivity contribution < 1.29 is 128 Å². The Hall–Kier alpha value is -2.91. The molecule has 9 aliphatic rings. The van der Waals surface area contributed by atoms with Gasteiger partial charge in [0.2, 0.25) is 0 Å². The molecule has 13 N–H and O–H groups in total. The van der Waals surface area contributed by atoms with Gasteiger partial charge in [0.05, 0.1) is 44.1 Å². The number of aliphatic carboxylic acids is 1. The lowest BCUT2D eigenvalue weighted by Gasteiger charge is -2.72. The number of allylic oxidation sites excluding steroid dienone is 3. The minimum Gasteiger partial charge on any atom is -0.479 e. The van der Waals surface area contributed by atoms with Crippen molar-refractivity contribution in [3.05, 3.63) is 23.8 Å². The topological polar surface area (TPSA) is 407 Å². The second kappa shape index (κ2) is 24.1. The van der Waals surface area contributed by atoms with Crippen LogP contribution in [0.5, 0.6) is 0 Å². The van der Waals surface area contributed by atoms with Crippen molar-refractivity contribution in [1.82, 2.24) is 0 Å². The first-order valence-corrected chi connectivity index (χ1v) is 29.4. The molecular formula is C58H90O26. The minimum absolute atomic E-state index is 0.00699. The normalized spacial score (nSPS) is 50.8. The fraction of sp³-hybridized carbons (Fsp3) is 0.879. The molecule has 1 unspecified atom stereocenters. The number of carboxylic acids is 1. The summed E-state index contributed by atoms with van der Waals surface area (Å²) >= 11 is 0. The lowest BCUT2D eigenvalue weighted by Crippen LogP contribution is -2.72. The van der Waals surface area contributed by atoms with E-state index in [1.54, 1.807) is 13.0 Å². The van der Waals surface area contributed by atoms with E-state index in [-0.39, 0.29) is 18.3 Å². The molecule has 4 saturated carbocycles. The second-order valence-electron chi connectivity index (χ2n) is 27.2. The number of hydrogen-bond donors (Lipinski definition) is 13. The molecule has 0 aromatic carbocycles. The molecule has 26 heteroatoms. The van der Waals surface area contributed by atoms with Crippen LogP contribution in [0.1, 0.15) is 107 Å². The SMILES string of the molecule is C/C=C\C(=O)O[C@H]1[C@H](OC(C)=O)[C@]2(CO)[C@H](O)C[C@]3(C)C(=CC[C@@H]4[C@@]5(C)CC[C@H](O[C@@H]6O[C@H](C(=O)O)[C@@H](O)[C@H](O[C@@H]7OC[C@H](O)[C@H](O)[C@H]7O[C@@H]7OC[C@@H](O)[C@H](O)[C@H]7O)[C@H]6O[C@@H]6O[C@H](CO)[C@H](O)[C@H](O)[C@H]6O)C(C)(C)C5CC[C@]43C)[C@@H]2CC1(C)C. The number of carbonyl (C=O) groups excluding carboxylic acids is 2. The number of esters is 2. The van der Waals surface area contributed by atoms with E-state index < -0.39 is 218 Å². The molecule has 478 valence electrons. The van der Waals surface area contributed by atoms with E-state index in [2.05, 4.69) is 26.8 Å². The molecule has 5 aliphatic carbocycles. The van der Waals surface area contributed by atoms with Crippen molar-refractivity contribution in [3.8, 4) is 0 Å². The van der Waals surface area contributed by atoms with Crippen molar-refractivity contribution in [3.63, 3.8) is 0 Å². The summed E-state index contributed by atoms with van der Waals surface area (Å²) in [6.45, 7) is 15.0. The molecule has 0 amide bonds. The van der Waals surface area contributed by atoms with Crippen LogP contribution in [0, 0.1) is 50.2 Å². The van der Waals surface area contributed by atoms with Gasteiger partial charge in [0.15, 0.2) is 31.3 Å². The van der Waals surface area contributed by atoms with Crippen molar-refractivity contribution in [2.24, 2.45) is 50.2 Å². The van der Waals surface area contributed by atoms with Gasteiger partial charge in [-0.15, -0.1) is 0 Å². The zero-order valence-corrected chi connectivity index (χ0v) is 49.1. The largest absolute Gasteiger partial charge is 0.479 e. The van der Waals surface area contributed by atoms with E-state index >= 15 is 0 Å². The van der Waals surface area contributed by atoms with Crippen LogP contribution >= 0.6 is 0 Å². The molecule has 84 heavy (non-hydrogen) atoms. The number of rotatable bonds is 14. The van der Waals surface area contributed by atoms with Crippen LogP contribution in [-0.2, 0) is 61.8 Å². The third-order valence-corrected chi connectivity index (χ3v) is 21.8. The van der Waals surface area contributed by atoms with Gasteiger partial charge in [-0.05, 0) is 91.3 Å². The number of carbonyl (C=O) groups is 3. The summed E-state index contributed by atoms with van der Waals surface area (Å²) in [5, 5.41) is 144. The highest BCUT2D eigenvalue weighted by Gasteiger charge is 2.74. The van der Waals surface area contributed by atoms with E-state index in [0.717, 1.165) is 5.57 Å². The Morgan fingerprint density at radius 2 is 1.29 bits per heavy atom. The van der Waals surface area contributed by atoms with Crippen molar-refractivity contribution >= 4 is 17.9 Å². The molecule has 0 aromatic rings. The van der Waals surface area contributed by atoms with E-state index in [1.165, 1.54) is 13.0 Å². The minimum atomic E-state index is -2.21. The van der Waals surface area contributed by atoms with Gasteiger partial charge in [-0.25, -0.2) is 9.59 Å². The molecule has 0 radical (unpaired) electrons. The summed E-state index contributed by atoms with van der Waals surface area (Å²) in [4.78, 5) is 39.2. The zero-order chi connectivity index (χ0) is 61.7. The first kappa shape index (κ1) is 65.5. The first-order valence-electron chi connectivity index (χ1n) is 29.4. The third-order valence-electron chi connectivity index (χ3n) is 21.8. The van der Waals surface area contributed by atoms with E-state index in [4.69, 9.17) is 47.4 Å². The lowest BCUT2D eigenvalue weighted by atomic mass is 9.33. The molecule has 4 aliphatic heterocycles.